The van der Waals surface area contributed by atoms with E-state index in [0.29, 0.717) is 44.0 Å². The van der Waals surface area contributed by atoms with E-state index in [1.165, 1.54) is 12.1 Å². The first-order valence-electron chi connectivity index (χ1n) is 7.89. The Morgan fingerprint density at radius 1 is 0.875 bits per heavy atom. The Morgan fingerprint density at radius 3 is 2.25 bits per heavy atom. The maximum Gasteiger partial charge on any atom is 0.159 e. The van der Waals surface area contributed by atoms with Crippen molar-refractivity contribution < 1.29 is 18.3 Å². The van der Waals surface area contributed by atoms with Gasteiger partial charge in [0.2, 0.25) is 0 Å². The van der Waals surface area contributed by atoms with Crippen molar-refractivity contribution in [2.24, 2.45) is 0 Å². The molecule has 2 aromatic carbocycles. The zero-order valence-corrected chi connectivity index (χ0v) is 13.1. The molecule has 0 aromatic heterocycles. The van der Waals surface area contributed by atoms with Gasteiger partial charge in [-0.05, 0) is 29.8 Å². The summed E-state index contributed by atoms with van der Waals surface area (Å²) in [6.07, 6.45) is -0.889. The van der Waals surface area contributed by atoms with Crippen molar-refractivity contribution in [2.75, 3.05) is 37.6 Å². The molecule has 1 heterocycles. The molecule has 1 N–H and O–H groups in total. The predicted molar refractivity (Wildman–Crippen MR) is 86.4 cm³/mol. The van der Waals surface area contributed by atoms with Crippen molar-refractivity contribution in [1.29, 1.82) is 0 Å². The van der Waals surface area contributed by atoms with Crippen molar-refractivity contribution in [2.45, 2.75) is 6.10 Å². The SMILES string of the molecule is O[C@@H](CN1CCN(c2ccccc2F)CC1)c1ccc(F)c(F)c1. The van der Waals surface area contributed by atoms with Gasteiger partial charge in [-0.25, -0.2) is 13.2 Å². The van der Waals surface area contributed by atoms with Gasteiger partial charge < -0.3 is 10.0 Å². The third-order valence-electron chi connectivity index (χ3n) is 4.32. The molecule has 6 heteroatoms. The van der Waals surface area contributed by atoms with Crippen LogP contribution in [-0.4, -0.2) is 42.7 Å². The van der Waals surface area contributed by atoms with Gasteiger partial charge in [-0.3, -0.25) is 4.90 Å². The average molecular weight is 336 g/mol. The number of rotatable bonds is 4. The van der Waals surface area contributed by atoms with Crippen molar-refractivity contribution >= 4 is 5.69 Å². The van der Waals surface area contributed by atoms with Gasteiger partial charge in [0, 0.05) is 32.7 Å². The second-order valence-electron chi connectivity index (χ2n) is 5.93. The van der Waals surface area contributed by atoms with Crippen LogP contribution >= 0.6 is 0 Å². The molecule has 24 heavy (non-hydrogen) atoms. The summed E-state index contributed by atoms with van der Waals surface area (Å²) < 4.78 is 40.0. The molecular weight excluding hydrogens is 317 g/mol. The second kappa shape index (κ2) is 7.23. The normalized spacial score (nSPS) is 17.1. The molecule has 0 spiro atoms. The number of aliphatic hydroxyl groups is 1. The lowest BCUT2D eigenvalue weighted by Crippen LogP contribution is -2.47. The number of aliphatic hydroxyl groups excluding tert-OH is 1. The van der Waals surface area contributed by atoms with E-state index in [1.807, 2.05) is 9.80 Å². The van der Waals surface area contributed by atoms with Crippen molar-refractivity contribution in [3.63, 3.8) is 0 Å². The first-order chi connectivity index (χ1) is 11.5. The standard InChI is InChI=1S/C18H19F3N2O/c19-14-6-5-13(11-16(14)21)18(24)12-22-7-9-23(10-8-22)17-4-2-1-3-15(17)20/h1-6,11,18,24H,7-10,12H2/t18-/m0/s1. The van der Waals surface area contributed by atoms with Crippen LogP contribution in [0.4, 0.5) is 18.9 Å². The van der Waals surface area contributed by atoms with E-state index in [-0.39, 0.29) is 5.82 Å². The zero-order valence-electron chi connectivity index (χ0n) is 13.1. The number of halogens is 3. The lowest BCUT2D eigenvalue weighted by molar-refractivity contribution is 0.109. The van der Waals surface area contributed by atoms with Crippen LogP contribution in [0.5, 0.6) is 0 Å². The molecule has 1 saturated heterocycles. The molecular formula is C18H19F3N2O. The van der Waals surface area contributed by atoms with Crippen LogP contribution in [0, 0.1) is 17.5 Å². The average Bonchev–Trinajstić information content (AvgIpc) is 2.58. The molecule has 0 unspecified atom stereocenters. The van der Waals surface area contributed by atoms with Gasteiger partial charge in [0.25, 0.3) is 0 Å². The summed E-state index contributed by atoms with van der Waals surface area (Å²) in [4.78, 5) is 4.00. The molecule has 2 aromatic rings. The first-order valence-corrected chi connectivity index (χ1v) is 7.89. The number of β-amino-alcohol motifs (C(OH)–C–C–N with tert-alkyl or cyclic N) is 1. The molecule has 1 aliphatic rings. The highest BCUT2D eigenvalue weighted by Crippen LogP contribution is 2.22. The summed E-state index contributed by atoms with van der Waals surface area (Å²) in [5.41, 5.74) is 0.934. The molecule has 0 aliphatic carbocycles. The minimum absolute atomic E-state index is 0.243. The Balaban J connectivity index is 1.57. The summed E-state index contributed by atoms with van der Waals surface area (Å²) in [6.45, 7) is 2.94. The molecule has 3 rings (SSSR count). The number of piperazine rings is 1. The topological polar surface area (TPSA) is 26.7 Å². The van der Waals surface area contributed by atoms with Crippen LogP contribution in [-0.2, 0) is 0 Å². The van der Waals surface area contributed by atoms with E-state index in [1.54, 1.807) is 18.2 Å². The Morgan fingerprint density at radius 2 is 1.58 bits per heavy atom. The highest BCUT2D eigenvalue weighted by atomic mass is 19.2. The fourth-order valence-corrected chi connectivity index (χ4v) is 2.95. The van der Waals surface area contributed by atoms with Crippen LogP contribution in [0.25, 0.3) is 0 Å². The number of hydrogen-bond acceptors (Lipinski definition) is 3. The highest BCUT2D eigenvalue weighted by Gasteiger charge is 2.22. The smallest absolute Gasteiger partial charge is 0.159 e. The van der Waals surface area contributed by atoms with E-state index in [9.17, 15) is 18.3 Å². The number of nitrogens with zero attached hydrogens (tertiary/aromatic N) is 2. The number of para-hydroxylation sites is 1. The van der Waals surface area contributed by atoms with E-state index < -0.39 is 17.7 Å². The molecule has 0 amide bonds. The van der Waals surface area contributed by atoms with E-state index in [2.05, 4.69) is 0 Å². The molecule has 128 valence electrons. The van der Waals surface area contributed by atoms with Gasteiger partial charge in [-0.2, -0.15) is 0 Å². The maximum atomic E-state index is 13.8. The minimum atomic E-state index is -0.962. The highest BCUT2D eigenvalue weighted by molar-refractivity contribution is 5.48. The third-order valence-corrected chi connectivity index (χ3v) is 4.32. The monoisotopic (exact) mass is 336 g/mol. The predicted octanol–water partition coefficient (Wildman–Crippen LogP) is 2.96. The van der Waals surface area contributed by atoms with Crippen molar-refractivity contribution in [1.82, 2.24) is 4.90 Å². The van der Waals surface area contributed by atoms with Crippen LogP contribution in [0.3, 0.4) is 0 Å². The molecule has 1 atom stereocenters. The van der Waals surface area contributed by atoms with Gasteiger partial charge in [0.05, 0.1) is 11.8 Å². The van der Waals surface area contributed by atoms with Crippen LogP contribution in [0.2, 0.25) is 0 Å². The number of benzene rings is 2. The van der Waals surface area contributed by atoms with Crippen molar-refractivity contribution in [3.05, 3.63) is 65.5 Å². The van der Waals surface area contributed by atoms with Crippen LogP contribution in [0.1, 0.15) is 11.7 Å². The number of hydrogen-bond donors (Lipinski definition) is 1. The second-order valence-corrected chi connectivity index (χ2v) is 5.93. The van der Waals surface area contributed by atoms with E-state index in [0.717, 1.165) is 12.1 Å². The van der Waals surface area contributed by atoms with Gasteiger partial charge in [0.15, 0.2) is 11.6 Å². The first kappa shape index (κ1) is 16.8. The summed E-state index contributed by atoms with van der Waals surface area (Å²) in [5.74, 6) is -2.13. The fourth-order valence-electron chi connectivity index (χ4n) is 2.95. The molecule has 0 bridgehead atoms. The Bertz CT molecular complexity index is 702. The Kier molecular flexibility index (Phi) is 5.06. The van der Waals surface area contributed by atoms with Gasteiger partial charge in [-0.15, -0.1) is 0 Å². The lowest BCUT2D eigenvalue weighted by atomic mass is 10.1. The van der Waals surface area contributed by atoms with Crippen LogP contribution in [0.15, 0.2) is 42.5 Å². The maximum absolute atomic E-state index is 13.8. The van der Waals surface area contributed by atoms with Crippen LogP contribution < -0.4 is 4.90 Å². The molecule has 0 radical (unpaired) electrons. The summed E-state index contributed by atoms with van der Waals surface area (Å²) in [5, 5.41) is 10.2. The zero-order chi connectivity index (χ0) is 17.1. The molecule has 3 nitrogen and oxygen atoms in total. The lowest BCUT2D eigenvalue weighted by Gasteiger charge is -2.37. The quantitative estimate of drug-likeness (QED) is 0.930. The molecule has 0 saturated carbocycles. The van der Waals surface area contributed by atoms with Gasteiger partial charge >= 0.3 is 0 Å². The van der Waals surface area contributed by atoms with Crippen molar-refractivity contribution in [3.8, 4) is 0 Å². The summed E-state index contributed by atoms with van der Waals surface area (Å²) >= 11 is 0. The van der Waals surface area contributed by atoms with E-state index >= 15 is 0 Å². The summed E-state index contributed by atoms with van der Waals surface area (Å²) in [7, 11) is 0. The third kappa shape index (κ3) is 3.71. The fraction of sp³-hybridized carbons (Fsp3) is 0.333. The van der Waals surface area contributed by atoms with Gasteiger partial charge in [-0.1, -0.05) is 18.2 Å². The Hall–Kier alpha value is -2.05. The number of anilines is 1. The largest absolute Gasteiger partial charge is 0.387 e. The molecule has 1 fully saturated rings. The minimum Gasteiger partial charge on any atom is -0.387 e. The summed E-state index contributed by atoms with van der Waals surface area (Å²) in [6, 6.07) is 10.1. The molecule has 1 aliphatic heterocycles. The Labute approximate surface area is 138 Å². The van der Waals surface area contributed by atoms with Gasteiger partial charge in [0.1, 0.15) is 5.82 Å². The van der Waals surface area contributed by atoms with E-state index in [4.69, 9.17) is 0 Å².